The van der Waals surface area contributed by atoms with Gasteiger partial charge in [0.15, 0.2) is 11.4 Å². The Morgan fingerprint density at radius 3 is 2.60 bits per heavy atom. The molecule has 30 heavy (non-hydrogen) atoms. The molecule has 4 aromatic rings. The predicted molar refractivity (Wildman–Crippen MR) is 112 cm³/mol. The molecule has 0 aliphatic carbocycles. The van der Waals surface area contributed by atoms with Crippen molar-refractivity contribution in [3.63, 3.8) is 0 Å². The zero-order chi connectivity index (χ0) is 20.9. The van der Waals surface area contributed by atoms with Crippen LogP contribution in [0.25, 0.3) is 11.0 Å². The van der Waals surface area contributed by atoms with Crippen LogP contribution in [0.4, 0.5) is 5.82 Å². The molecule has 2 N–H and O–H groups in total. The Labute approximate surface area is 173 Å². The summed E-state index contributed by atoms with van der Waals surface area (Å²) in [5.41, 5.74) is 3.27. The summed E-state index contributed by atoms with van der Waals surface area (Å²) in [5, 5.41) is 14.8. The van der Waals surface area contributed by atoms with E-state index in [1.807, 2.05) is 48.5 Å². The number of amides is 1. The number of benzene rings is 2. The van der Waals surface area contributed by atoms with Crippen molar-refractivity contribution in [3.8, 4) is 11.5 Å². The van der Waals surface area contributed by atoms with E-state index in [9.17, 15) is 4.79 Å². The number of para-hydroxylation sites is 1. The molecule has 4 rings (SSSR count). The zero-order valence-corrected chi connectivity index (χ0v) is 16.8. The highest BCUT2D eigenvalue weighted by Crippen LogP contribution is 2.23. The third-order valence-corrected chi connectivity index (χ3v) is 4.77. The molecule has 0 unspecified atom stereocenters. The Hall–Kier alpha value is -3.81. The number of nitrogens with one attached hydrogen (secondary N) is 2. The highest BCUT2D eigenvalue weighted by molar-refractivity contribution is 5.94. The molecule has 2 aromatic heterocycles. The molecule has 0 spiro atoms. The SMILES string of the molecule is COc1cc(CCc2cc(NC(=O)Cc3noc4ccccc34)n[nH]2)cc(OC)c1. The smallest absolute Gasteiger partial charge is 0.231 e. The number of carbonyl (C=O) groups is 1. The first kappa shape index (κ1) is 19.5. The molecule has 0 radical (unpaired) electrons. The van der Waals surface area contributed by atoms with Crippen molar-refractivity contribution in [3.05, 3.63) is 65.5 Å². The van der Waals surface area contributed by atoms with Crippen molar-refractivity contribution in [2.45, 2.75) is 19.3 Å². The van der Waals surface area contributed by atoms with Crippen molar-refractivity contribution < 1.29 is 18.8 Å². The minimum absolute atomic E-state index is 0.114. The lowest BCUT2D eigenvalue weighted by Crippen LogP contribution is -2.15. The van der Waals surface area contributed by atoms with E-state index in [-0.39, 0.29) is 12.3 Å². The Bertz CT molecular complexity index is 1140. The van der Waals surface area contributed by atoms with E-state index in [4.69, 9.17) is 14.0 Å². The number of hydrogen-bond acceptors (Lipinski definition) is 6. The lowest BCUT2D eigenvalue weighted by molar-refractivity contribution is -0.115. The van der Waals surface area contributed by atoms with E-state index in [1.165, 1.54) is 0 Å². The second-order valence-electron chi connectivity index (χ2n) is 6.85. The summed E-state index contributed by atoms with van der Waals surface area (Å²) >= 11 is 0. The highest BCUT2D eigenvalue weighted by atomic mass is 16.5. The number of carbonyl (C=O) groups excluding carboxylic acids is 1. The fraction of sp³-hybridized carbons (Fsp3) is 0.227. The van der Waals surface area contributed by atoms with Gasteiger partial charge in [-0.1, -0.05) is 17.3 Å². The van der Waals surface area contributed by atoms with Crippen LogP contribution >= 0.6 is 0 Å². The average molecular weight is 406 g/mol. The summed E-state index contributed by atoms with van der Waals surface area (Å²) in [6.07, 6.45) is 1.62. The van der Waals surface area contributed by atoms with Gasteiger partial charge in [-0.05, 0) is 42.7 Å². The molecule has 0 bridgehead atoms. The number of fused-ring (bicyclic) bond motifs is 1. The van der Waals surface area contributed by atoms with Crippen LogP contribution in [0.15, 0.2) is 53.1 Å². The Morgan fingerprint density at radius 2 is 1.83 bits per heavy atom. The molecule has 8 heteroatoms. The van der Waals surface area contributed by atoms with Crippen LogP contribution in [0.3, 0.4) is 0 Å². The number of aryl methyl sites for hydroxylation is 2. The minimum atomic E-state index is -0.204. The van der Waals surface area contributed by atoms with Crippen molar-refractivity contribution in [2.24, 2.45) is 0 Å². The topological polar surface area (TPSA) is 102 Å². The number of aromatic nitrogens is 3. The number of methoxy groups -OCH3 is 2. The molecule has 154 valence electrons. The number of H-pyrrole nitrogens is 1. The summed E-state index contributed by atoms with van der Waals surface area (Å²) in [4.78, 5) is 12.4. The normalized spacial score (nSPS) is 10.9. The van der Waals surface area contributed by atoms with E-state index < -0.39 is 0 Å². The highest BCUT2D eigenvalue weighted by Gasteiger charge is 2.13. The summed E-state index contributed by atoms with van der Waals surface area (Å²) in [5.74, 6) is 1.78. The van der Waals surface area contributed by atoms with Gasteiger partial charge >= 0.3 is 0 Å². The quantitative estimate of drug-likeness (QED) is 0.464. The Morgan fingerprint density at radius 1 is 1.07 bits per heavy atom. The van der Waals surface area contributed by atoms with Gasteiger partial charge in [0, 0.05) is 23.2 Å². The number of anilines is 1. The summed E-state index contributed by atoms with van der Waals surface area (Å²) in [6.45, 7) is 0. The number of ether oxygens (including phenoxy) is 2. The molecule has 8 nitrogen and oxygen atoms in total. The monoisotopic (exact) mass is 406 g/mol. The van der Waals surface area contributed by atoms with Crippen molar-refractivity contribution in [1.82, 2.24) is 15.4 Å². The van der Waals surface area contributed by atoms with Crippen molar-refractivity contribution in [2.75, 3.05) is 19.5 Å². The third kappa shape index (κ3) is 4.43. The maximum absolute atomic E-state index is 12.4. The molecule has 0 aliphatic heterocycles. The Balaban J connectivity index is 1.35. The van der Waals surface area contributed by atoms with Gasteiger partial charge < -0.3 is 19.3 Å². The van der Waals surface area contributed by atoms with E-state index in [0.717, 1.165) is 41.0 Å². The van der Waals surface area contributed by atoms with E-state index >= 15 is 0 Å². The lowest BCUT2D eigenvalue weighted by atomic mass is 10.1. The molecular weight excluding hydrogens is 384 g/mol. The van der Waals surface area contributed by atoms with E-state index in [2.05, 4.69) is 20.7 Å². The maximum Gasteiger partial charge on any atom is 0.231 e. The Kier molecular flexibility index (Phi) is 5.65. The number of aromatic amines is 1. The first-order valence-corrected chi connectivity index (χ1v) is 9.54. The van der Waals surface area contributed by atoms with Crippen LogP contribution < -0.4 is 14.8 Å². The fourth-order valence-corrected chi connectivity index (χ4v) is 3.25. The largest absolute Gasteiger partial charge is 0.497 e. The van der Waals surface area contributed by atoms with Gasteiger partial charge in [0.2, 0.25) is 5.91 Å². The first-order chi connectivity index (χ1) is 14.6. The van der Waals surface area contributed by atoms with Gasteiger partial charge in [0.05, 0.1) is 20.6 Å². The standard InChI is InChI=1S/C22H22N4O4/c1-28-16-9-14(10-17(12-16)29-2)7-8-15-11-21(25-24-15)23-22(27)13-19-18-5-3-4-6-20(18)30-26-19/h3-6,9-12H,7-8,13H2,1-2H3,(H2,23,24,25,27). The third-order valence-electron chi connectivity index (χ3n) is 4.77. The van der Waals surface area contributed by atoms with Crippen LogP contribution in [0.2, 0.25) is 0 Å². The van der Waals surface area contributed by atoms with Gasteiger partial charge in [-0.15, -0.1) is 0 Å². The second kappa shape index (κ2) is 8.69. The van der Waals surface area contributed by atoms with Gasteiger partial charge in [0.25, 0.3) is 0 Å². The van der Waals surface area contributed by atoms with Crippen LogP contribution in [0, 0.1) is 0 Å². The van der Waals surface area contributed by atoms with Crippen LogP contribution in [-0.2, 0) is 24.1 Å². The molecule has 0 aliphatic rings. The summed E-state index contributed by atoms with van der Waals surface area (Å²) < 4.78 is 15.9. The van der Waals surface area contributed by atoms with Crippen molar-refractivity contribution in [1.29, 1.82) is 0 Å². The summed E-state index contributed by atoms with van der Waals surface area (Å²) in [6, 6.07) is 15.1. The number of hydrogen-bond donors (Lipinski definition) is 2. The molecule has 0 atom stereocenters. The summed E-state index contributed by atoms with van der Waals surface area (Å²) in [7, 11) is 3.26. The van der Waals surface area contributed by atoms with E-state index in [1.54, 1.807) is 14.2 Å². The van der Waals surface area contributed by atoms with Crippen LogP contribution in [0.1, 0.15) is 17.0 Å². The molecule has 0 fully saturated rings. The molecule has 2 heterocycles. The number of nitrogens with zero attached hydrogens (tertiary/aromatic N) is 2. The molecule has 0 saturated heterocycles. The van der Waals surface area contributed by atoms with Crippen LogP contribution in [0.5, 0.6) is 11.5 Å². The van der Waals surface area contributed by atoms with E-state index in [0.29, 0.717) is 17.1 Å². The van der Waals surface area contributed by atoms with Gasteiger partial charge in [-0.25, -0.2) is 0 Å². The molecule has 1 amide bonds. The second-order valence-corrected chi connectivity index (χ2v) is 6.85. The molecule has 2 aromatic carbocycles. The van der Waals surface area contributed by atoms with Crippen molar-refractivity contribution >= 4 is 22.7 Å². The minimum Gasteiger partial charge on any atom is -0.497 e. The molecular formula is C22H22N4O4. The van der Waals surface area contributed by atoms with Gasteiger partial charge in [-0.3, -0.25) is 9.89 Å². The zero-order valence-electron chi connectivity index (χ0n) is 16.8. The maximum atomic E-state index is 12.4. The average Bonchev–Trinajstić information content (AvgIpc) is 3.39. The fourth-order valence-electron chi connectivity index (χ4n) is 3.25. The number of rotatable bonds is 8. The van der Waals surface area contributed by atoms with Gasteiger partial charge in [0.1, 0.15) is 17.2 Å². The first-order valence-electron chi connectivity index (χ1n) is 9.54. The predicted octanol–water partition coefficient (Wildman–Crippen LogP) is 3.53. The lowest BCUT2D eigenvalue weighted by Gasteiger charge is -2.08. The van der Waals surface area contributed by atoms with Crippen LogP contribution in [-0.4, -0.2) is 35.5 Å². The van der Waals surface area contributed by atoms with Gasteiger partial charge in [-0.2, -0.15) is 5.10 Å². The molecule has 0 saturated carbocycles.